The Hall–Kier alpha value is -1.64. The summed E-state index contributed by atoms with van der Waals surface area (Å²) in [6.07, 6.45) is 2.43. The average molecular weight is 387 g/mol. The molecule has 0 aliphatic rings. The number of nitrogens with one attached hydrogen (secondary N) is 2. The summed E-state index contributed by atoms with van der Waals surface area (Å²) in [5, 5.41) is 12.4. The highest BCUT2D eigenvalue weighted by Gasteiger charge is 2.20. The van der Waals surface area contributed by atoms with Crippen LogP contribution in [0, 0.1) is 0 Å². The lowest BCUT2D eigenvalue weighted by molar-refractivity contribution is 0.0697. The van der Waals surface area contributed by atoms with E-state index in [1.807, 2.05) is 20.8 Å². The van der Waals surface area contributed by atoms with Crippen molar-refractivity contribution in [3.63, 3.8) is 0 Å². The molecule has 0 aromatic heterocycles. The average Bonchev–Trinajstić information content (AvgIpc) is 2.53. The summed E-state index contributed by atoms with van der Waals surface area (Å²) in [5.74, 6) is -1.18. The van der Waals surface area contributed by atoms with E-state index >= 15 is 0 Å². The molecule has 1 atom stereocenters. The van der Waals surface area contributed by atoms with Gasteiger partial charge in [-0.15, -0.1) is 0 Å². The number of anilines is 1. The normalized spacial score (nSPS) is 13.0. The molecule has 8 heteroatoms. The highest BCUT2D eigenvalue weighted by atomic mass is 32.2. The van der Waals surface area contributed by atoms with E-state index in [1.54, 1.807) is 6.92 Å². The topological polar surface area (TPSA) is 105 Å². The molecule has 0 spiro atoms. The van der Waals surface area contributed by atoms with Crippen LogP contribution in [0.3, 0.4) is 0 Å². The molecule has 0 fully saturated rings. The zero-order chi connectivity index (χ0) is 19.7. The van der Waals surface area contributed by atoms with E-state index in [0.29, 0.717) is 31.7 Å². The molecule has 7 nitrogen and oxygen atoms in total. The van der Waals surface area contributed by atoms with Crippen molar-refractivity contribution in [2.75, 3.05) is 18.5 Å². The fourth-order valence-electron chi connectivity index (χ4n) is 2.46. The molecule has 0 aliphatic heterocycles. The van der Waals surface area contributed by atoms with Crippen LogP contribution in [0.15, 0.2) is 23.1 Å². The summed E-state index contributed by atoms with van der Waals surface area (Å²) < 4.78 is 32.9. The molecule has 0 aliphatic carbocycles. The monoisotopic (exact) mass is 386 g/mol. The molecule has 0 radical (unpaired) electrons. The van der Waals surface area contributed by atoms with Crippen molar-refractivity contribution in [3.8, 4) is 0 Å². The van der Waals surface area contributed by atoms with Crippen LogP contribution < -0.4 is 10.0 Å². The third-order valence-electron chi connectivity index (χ3n) is 3.70. The lowest BCUT2D eigenvalue weighted by atomic mass is 10.2. The summed E-state index contributed by atoms with van der Waals surface area (Å²) in [7, 11) is -3.75. The van der Waals surface area contributed by atoms with Crippen molar-refractivity contribution in [2.24, 2.45) is 0 Å². The maximum atomic E-state index is 12.4. The molecule has 0 unspecified atom stereocenters. The minimum absolute atomic E-state index is 0.0495. The first-order valence-electron chi connectivity index (χ1n) is 8.92. The van der Waals surface area contributed by atoms with Crippen LogP contribution >= 0.6 is 0 Å². The third-order valence-corrected chi connectivity index (χ3v) is 5.28. The first-order chi connectivity index (χ1) is 12.2. The number of sulfonamides is 1. The van der Waals surface area contributed by atoms with Gasteiger partial charge in [0.25, 0.3) is 0 Å². The molecule has 0 bridgehead atoms. The number of carboxylic acids is 1. The van der Waals surface area contributed by atoms with Crippen LogP contribution in [-0.2, 0) is 14.8 Å². The van der Waals surface area contributed by atoms with E-state index in [1.165, 1.54) is 18.2 Å². The van der Waals surface area contributed by atoms with Crippen molar-refractivity contribution >= 4 is 21.7 Å². The number of carboxylic acid groups (broad SMARTS) is 1. The molecule has 1 aromatic carbocycles. The molecule has 0 amide bonds. The van der Waals surface area contributed by atoms with Gasteiger partial charge in [0.05, 0.1) is 16.6 Å². The minimum Gasteiger partial charge on any atom is -0.478 e. The molecule has 0 saturated carbocycles. The quantitative estimate of drug-likeness (QED) is 0.477. The van der Waals surface area contributed by atoms with Gasteiger partial charge in [-0.3, -0.25) is 0 Å². The summed E-state index contributed by atoms with van der Waals surface area (Å²) in [6.45, 7) is 8.76. The Morgan fingerprint density at radius 3 is 2.54 bits per heavy atom. The molecule has 0 saturated heterocycles. The van der Waals surface area contributed by atoms with Crippen molar-refractivity contribution in [1.29, 1.82) is 0 Å². The van der Waals surface area contributed by atoms with Gasteiger partial charge in [0.15, 0.2) is 0 Å². The van der Waals surface area contributed by atoms with Gasteiger partial charge in [-0.1, -0.05) is 13.3 Å². The number of aromatic carboxylic acids is 1. The third kappa shape index (κ3) is 7.31. The largest absolute Gasteiger partial charge is 0.478 e. The van der Waals surface area contributed by atoms with Crippen molar-refractivity contribution in [1.82, 2.24) is 4.72 Å². The summed E-state index contributed by atoms with van der Waals surface area (Å²) in [4.78, 5) is 11.5. The van der Waals surface area contributed by atoms with Crippen molar-refractivity contribution in [3.05, 3.63) is 23.8 Å². The van der Waals surface area contributed by atoms with E-state index in [-0.39, 0.29) is 22.6 Å². The standard InChI is InChI=1S/C18H30N2O5S/c1-5-7-14(4)20-26(23,24)15-8-9-17(16(12-15)18(21)22)19-10-6-11-25-13(2)3/h8-9,12-14,19-20H,5-7,10-11H2,1-4H3,(H,21,22)/t14-/m1/s1. The summed E-state index contributed by atoms with van der Waals surface area (Å²) in [5.41, 5.74) is 0.323. The molecule has 26 heavy (non-hydrogen) atoms. The first-order valence-corrected chi connectivity index (χ1v) is 10.4. The molecular formula is C18H30N2O5S. The van der Waals surface area contributed by atoms with E-state index in [2.05, 4.69) is 10.0 Å². The number of rotatable bonds is 12. The molecule has 1 rings (SSSR count). The summed E-state index contributed by atoms with van der Waals surface area (Å²) in [6, 6.07) is 3.89. The number of ether oxygens (including phenoxy) is 1. The number of benzene rings is 1. The van der Waals surface area contributed by atoms with Gasteiger partial charge in [-0.2, -0.15) is 0 Å². The summed E-state index contributed by atoms with van der Waals surface area (Å²) >= 11 is 0. The van der Waals surface area contributed by atoms with Gasteiger partial charge in [0.1, 0.15) is 0 Å². The zero-order valence-corrected chi connectivity index (χ0v) is 16.7. The Balaban J connectivity index is 2.86. The predicted molar refractivity (Wildman–Crippen MR) is 102 cm³/mol. The highest BCUT2D eigenvalue weighted by Crippen LogP contribution is 2.21. The van der Waals surface area contributed by atoms with Gasteiger partial charge >= 0.3 is 5.97 Å². The van der Waals surface area contributed by atoms with Crippen LogP contribution in [-0.4, -0.2) is 44.8 Å². The fraction of sp³-hybridized carbons (Fsp3) is 0.611. The van der Waals surface area contributed by atoms with Crippen LogP contribution in [0.2, 0.25) is 0 Å². The van der Waals surface area contributed by atoms with E-state index in [4.69, 9.17) is 4.74 Å². The second-order valence-corrected chi connectivity index (χ2v) is 8.24. The Bertz CT molecular complexity index is 689. The Morgan fingerprint density at radius 2 is 1.96 bits per heavy atom. The van der Waals surface area contributed by atoms with Crippen molar-refractivity contribution in [2.45, 2.75) is 64.0 Å². The minimum atomic E-state index is -3.75. The maximum Gasteiger partial charge on any atom is 0.337 e. The zero-order valence-electron chi connectivity index (χ0n) is 15.9. The van der Waals surface area contributed by atoms with Crippen LogP contribution in [0.4, 0.5) is 5.69 Å². The second-order valence-electron chi connectivity index (χ2n) is 6.52. The number of carbonyl (C=O) groups is 1. The van der Waals surface area contributed by atoms with E-state index in [9.17, 15) is 18.3 Å². The highest BCUT2D eigenvalue weighted by molar-refractivity contribution is 7.89. The Morgan fingerprint density at radius 1 is 1.27 bits per heavy atom. The van der Waals surface area contributed by atoms with Crippen LogP contribution in [0.5, 0.6) is 0 Å². The Kier molecular flexibility index (Phi) is 9.04. The molecule has 0 heterocycles. The second kappa shape index (κ2) is 10.5. The maximum absolute atomic E-state index is 12.4. The first kappa shape index (κ1) is 22.4. The Labute approximate surface area is 156 Å². The SMILES string of the molecule is CCC[C@@H](C)NS(=O)(=O)c1ccc(NCCCOC(C)C)c(C(=O)O)c1. The van der Waals surface area contributed by atoms with Crippen LogP contribution in [0.1, 0.15) is 57.3 Å². The lowest BCUT2D eigenvalue weighted by Gasteiger charge is -2.15. The molecular weight excluding hydrogens is 356 g/mol. The lowest BCUT2D eigenvalue weighted by Crippen LogP contribution is -2.32. The van der Waals surface area contributed by atoms with Gasteiger partial charge in [0.2, 0.25) is 10.0 Å². The molecule has 1 aromatic rings. The van der Waals surface area contributed by atoms with Gasteiger partial charge < -0.3 is 15.2 Å². The van der Waals surface area contributed by atoms with Gasteiger partial charge in [-0.05, 0) is 51.8 Å². The molecule has 148 valence electrons. The smallest absolute Gasteiger partial charge is 0.337 e. The van der Waals surface area contributed by atoms with Crippen LogP contribution in [0.25, 0.3) is 0 Å². The van der Waals surface area contributed by atoms with Gasteiger partial charge in [-0.25, -0.2) is 17.9 Å². The molecule has 3 N–H and O–H groups in total. The number of hydrogen-bond donors (Lipinski definition) is 3. The predicted octanol–water partition coefficient (Wildman–Crippen LogP) is 3.08. The fourth-order valence-corrected chi connectivity index (χ4v) is 3.76. The van der Waals surface area contributed by atoms with E-state index in [0.717, 1.165) is 6.42 Å². The number of hydrogen-bond acceptors (Lipinski definition) is 5. The van der Waals surface area contributed by atoms with Gasteiger partial charge in [0, 0.05) is 24.9 Å². The van der Waals surface area contributed by atoms with E-state index < -0.39 is 16.0 Å². The van der Waals surface area contributed by atoms with Crippen molar-refractivity contribution < 1.29 is 23.1 Å².